The monoisotopic (exact) mass is 287 g/mol. The van der Waals surface area contributed by atoms with Gasteiger partial charge in [0.05, 0.1) is 18.3 Å². The molecule has 0 amide bonds. The summed E-state index contributed by atoms with van der Waals surface area (Å²) in [5, 5.41) is 7.92. The van der Waals surface area contributed by atoms with Crippen LogP contribution in [-0.4, -0.2) is 23.5 Å². The molecule has 2 rings (SSSR count). The molecule has 0 spiro atoms. The van der Waals surface area contributed by atoms with Gasteiger partial charge in [-0.05, 0) is 38.8 Å². The molecule has 114 valence electrons. The van der Waals surface area contributed by atoms with Gasteiger partial charge in [-0.3, -0.25) is 4.68 Å². The van der Waals surface area contributed by atoms with E-state index < -0.39 is 0 Å². The number of para-hydroxylation sites is 1. The highest BCUT2D eigenvalue weighted by atomic mass is 16.5. The van der Waals surface area contributed by atoms with Gasteiger partial charge in [-0.1, -0.05) is 18.2 Å². The first-order valence-corrected chi connectivity index (χ1v) is 7.35. The second-order valence-corrected chi connectivity index (χ2v) is 6.22. The van der Waals surface area contributed by atoms with Gasteiger partial charge >= 0.3 is 0 Å². The molecular weight excluding hydrogens is 262 g/mol. The van der Waals surface area contributed by atoms with Gasteiger partial charge in [0, 0.05) is 31.1 Å². The Morgan fingerprint density at radius 3 is 2.67 bits per heavy atom. The highest BCUT2D eigenvalue weighted by Gasteiger charge is 2.13. The molecule has 4 heteroatoms. The first-order valence-electron chi connectivity index (χ1n) is 7.35. The first kappa shape index (κ1) is 15.6. The van der Waals surface area contributed by atoms with Gasteiger partial charge in [0.2, 0.25) is 0 Å². The van der Waals surface area contributed by atoms with Gasteiger partial charge in [0.15, 0.2) is 0 Å². The molecule has 1 aromatic heterocycles. The van der Waals surface area contributed by atoms with E-state index in [4.69, 9.17) is 4.74 Å². The summed E-state index contributed by atoms with van der Waals surface area (Å²) in [5.41, 5.74) is 3.65. The molecule has 0 aliphatic rings. The number of aromatic nitrogens is 2. The largest absolute Gasteiger partial charge is 0.384 e. The highest BCUT2D eigenvalue weighted by molar-refractivity contribution is 5.51. The number of methoxy groups -OCH3 is 1. The summed E-state index contributed by atoms with van der Waals surface area (Å²) in [7, 11) is 1.73. The van der Waals surface area contributed by atoms with E-state index in [1.807, 2.05) is 10.9 Å². The quantitative estimate of drug-likeness (QED) is 0.884. The second-order valence-electron chi connectivity index (χ2n) is 6.22. The van der Waals surface area contributed by atoms with Crippen LogP contribution in [-0.2, 0) is 23.2 Å². The van der Waals surface area contributed by atoms with Crippen molar-refractivity contribution in [3.05, 3.63) is 47.8 Å². The molecule has 1 N–H and O–H groups in total. The lowest BCUT2D eigenvalue weighted by molar-refractivity contribution is 0.202. The van der Waals surface area contributed by atoms with E-state index >= 15 is 0 Å². The lowest BCUT2D eigenvalue weighted by Gasteiger charge is -2.18. The minimum absolute atomic E-state index is 0.0224. The van der Waals surface area contributed by atoms with Crippen LogP contribution in [0.5, 0.6) is 0 Å². The summed E-state index contributed by atoms with van der Waals surface area (Å²) >= 11 is 0. The zero-order valence-corrected chi connectivity index (χ0v) is 13.4. The van der Waals surface area contributed by atoms with Crippen molar-refractivity contribution in [3.8, 4) is 0 Å². The maximum atomic E-state index is 5.16. The molecule has 1 aromatic carbocycles. The minimum Gasteiger partial charge on any atom is -0.384 e. The zero-order valence-electron chi connectivity index (χ0n) is 13.4. The molecule has 0 aliphatic carbocycles. The van der Waals surface area contributed by atoms with Crippen molar-refractivity contribution >= 4 is 5.69 Å². The van der Waals surface area contributed by atoms with Gasteiger partial charge in [-0.25, -0.2) is 0 Å². The highest BCUT2D eigenvalue weighted by Crippen LogP contribution is 2.18. The average Bonchev–Trinajstić information content (AvgIpc) is 2.92. The molecule has 21 heavy (non-hydrogen) atoms. The van der Waals surface area contributed by atoms with Crippen molar-refractivity contribution in [1.29, 1.82) is 0 Å². The van der Waals surface area contributed by atoms with Crippen LogP contribution in [0.1, 0.15) is 31.9 Å². The summed E-state index contributed by atoms with van der Waals surface area (Å²) in [6.45, 7) is 7.96. The van der Waals surface area contributed by atoms with E-state index in [1.54, 1.807) is 7.11 Å². The summed E-state index contributed by atoms with van der Waals surface area (Å²) in [6.07, 6.45) is 4.95. The number of benzene rings is 1. The van der Waals surface area contributed by atoms with E-state index in [2.05, 4.69) is 61.6 Å². The third kappa shape index (κ3) is 4.33. The average molecular weight is 287 g/mol. The number of anilines is 1. The standard InChI is InChI=1S/C17H25N3O/c1-17(2,3)20-13-14(12-19-20)11-18-16-8-6-5-7-15(16)9-10-21-4/h5-8,12-13,18H,9-11H2,1-4H3. The molecule has 0 saturated carbocycles. The Morgan fingerprint density at radius 1 is 1.24 bits per heavy atom. The number of ether oxygens (including phenoxy) is 1. The lowest BCUT2D eigenvalue weighted by Crippen LogP contribution is -2.22. The predicted molar refractivity (Wildman–Crippen MR) is 86.6 cm³/mol. The molecule has 0 atom stereocenters. The fourth-order valence-electron chi connectivity index (χ4n) is 2.14. The van der Waals surface area contributed by atoms with Crippen molar-refractivity contribution in [1.82, 2.24) is 9.78 Å². The van der Waals surface area contributed by atoms with Gasteiger partial charge in [-0.15, -0.1) is 0 Å². The van der Waals surface area contributed by atoms with Crippen molar-refractivity contribution in [2.75, 3.05) is 19.0 Å². The van der Waals surface area contributed by atoms with Crippen LogP contribution in [0.4, 0.5) is 5.69 Å². The molecule has 0 radical (unpaired) electrons. The van der Waals surface area contributed by atoms with Crippen molar-refractivity contribution in [2.24, 2.45) is 0 Å². The van der Waals surface area contributed by atoms with Gasteiger partial charge < -0.3 is 10.1 Å². The topological polar surface area (TPSA) is 39.1 Å². The second kappa shape index (κ2) is 6.76. The Balaban J connectivity index is 2.01. The molecule has 4 nitrogen and oxygen atoms in total. The third-order valence-corrected chi connectivity index (χ3v) is 3.40. The van der Waals surface area contributed by atoms with Crippen molar-refractivity contribution in [3.63, 3.8) is 0 Å². The SMILES string of the molecule is COCCc1ccccc1NCc1cnn(C(C)(C)C)c1. The molecular formula is C17H25N3O. The number of hydrogen-bond donors (Lipinski definition) is 1. The van der Waals surface area contributed by atoms with Gasteiger partial charge in [0.25, 0.3) is 0 Å². The summed E-state index contributed by atoms with van der Waals surface area (Å²) < 4.78 is 7.16. The van der Waals surface area contributed by atoms with Crippen molar-refractivity contribution in [2.45, 2.75) is 39.3 Å². The van der Waals surface area contributed by atoms with Crippen LogP contribution >= 0.6 is 0 Å². The Labute approximate surface area is 127 Å². The zero-order chi connectivity index (χ0) is 15.3. The summed E-state index contributed by atoms with van der Waals surface area (Å²) in [5.74, 6) is 0. The van der Waals surface area contributed by atoms with Gasteiger partial charge in [-0.2, -0.15) is 5.10 Å². The maximum absolute atomic E-state index is 5.16. The van der Waals surface area contributed by atoms with Crippen LogP contribution in [0.25, 0.3) is 0 Å². The van der Waals surface area contributed by atoms with Crippen molar-refractivity contribution < 1.29 is 4.74 Å². The summed E-state index contributed by atoms with van der Waals surface area (Å²) in [4.78, 5) is 0. The van der Waals surface area contributed by atoms with Crippen LogP contribution < -0.4 is 5.32 Å². The Kier molecular flexibility index (Phi) is 5.02. The van der Waals surface area contributed by atoms with E-state index in [0.717, 1.165) is 25.3 Å². The van der Waals surface area contributed by atoms with Crippen LogP contribution in [0, 0.1) is 0 Å². The fraction of sp³-hybridized carbons (Fsp3) is 0.471. The Bertz CT molecular complexity index is 569. The lowest BCUT2D eigenvalue weighted by atomic mass is 10.1. The number of nitrogens with one attached hydrogen (secondary N) is 1. The number of rotatable bonds is 6. The smallest absolute Gasteiger partial charge is 0.0543 e. The van der Waals surface area contributed by atoms with Crippen LogP contribution in [0.2, 0.25) is 0 Å². The Morgan fingerprint density at radius 2 is 2.00 bits per heavy atom. The van der Waals surface area contributed by atoms with E-state index in [0.29, 0.717) is 0 Å². The molecule has 0 saturated heterocycles. The van der Waals surface area contributed by atoms with Gasteiger partial charge in [0.1, 0.15) is 0 Å². The fourth-order valence-corrected chi connectivity index (χ4v) is 2.14. The van der Waals surface area contributed by atoms with Crippen LogP contribution in [0.3, 0.4) is 0 Å². The van der Waals surface area contributed by atoms with E-state index in [-0.39, 0.29) is 5.54 Å². The number of hydrogen-bond acceptors (Lipinski definition) is 3. The Hall–Kier alpha value is -1.81. The van der Waals surface area contributed by atoms with E-state index in [9.17, 15) is 0 Å². The minimum atomic E-state index is 0.0224. The van der Waals surface area contributed by atoms with E-state index in [1.165, 1.54) is 11.1 Å². The molecule has 1 heterocycles. The normalized spacial score (nSPS) is 11.6. The predicted octanol–water partition coefficient (Wildman–Crippen LogP) is 3.44. The molecule has 0 bridgehead atoms. The number of nitrogens with zero attached hydrogens (tertiary/aromatic N) is 2. The first-order chi connectivity index (χ1) is 10.0. The van der Waals surface area contributed by atoms with Crippen LogP contribution in [0.15, 0.2) is 36.7 Å². The summed E-state index contributed by atoms with van der Waals surface area (Å²) in [6, 6.07) is 8.37. The molecule has 0 fully saturated rings. The molecule has 0 aliphatic heterocycles. The molecule has 0 unspecified atom stereocenters. The third-order valence-electron chi connectivity index (χ3n) is 3.40. The molecule has 2 aromatic rings. The maximum Gasteiger partial charge on any atom is 0.0543 e.